The van der Waals surface area contributed by atoms with Gasteiger partial charge in [0.25, 0.3) is 6.43 Å². The van der Waals surface area contributed by atoms with Gasteiger partial charge in [-0.25, -0.2) is 13.5 Å². The molecule has 0 aromatic carbocycles. The molecule has 2 nitrogen and oxygen atoms in total. The SMILES string of the molecule is FC(F)COC(F)(F)C(F)(F)OC(F)(F)F. The summed E-state index contributed by atoms with van der Waals surface area (Å²) >= 11 is 0. The van der Waals surface area contributed by atoms with E-state index in [4.69, 9.17) is 0 Å². The Bertz CT molecular complexity index is 222. The monoisotopic (exact) mass is 266 g/mol. The molecule has 0 bridgehead atoms. The lowest BCUT2D eigenvalue weighted by molar-refractivity contribution is -0.505. The van der Waals surface area contributed by atoms with Crippen molar-refractivity contribution < 1.29 is 49.0 Å². The molecule has 0 fully saturated rings. The fourth-order valence-electron chi connectivity index (χ4n) is 0.456. The van der Waals surface area contributed by atoms with Crippen LogP contribution in [0.15, 0.2) is 0 Å². The van der Waals surface area contributed by atoms with E-state index in [0.717, 1.165) is 0 Å². The number of hydrogen-bond acceptors (Lipinski definition) is 2. The van der Waals surface area contributed by atoms with Crippen LogP contribution in [0, 0.1) is 0 Å². The molecule has 0 spiro atoms. The van der Waals surface area contributed by atoms with Crippen LogP contribution < -0.4 is 0 Å². The minimum atomic E-state index is -6.10. The minimum Gasteiger partial charge on any atom is -0.307 e. The van der Waals surface area contributed by atoms with Crippen molar-refractivity contribution >= 4 is 0 Å². The van der Waals surface area contributed by atoms with E-state index in [9.17, 15) is 39.5 Å². The van der Waals surface area contributed by atoms with E-state index in [-0.39, 0.29) is 0 Å². The lowest BCUT2D eigenvalue weighted by Gasteiger charge is -2.25. The molecular weight excluding hydrogens is 263 g/mol. The largest absolute Gasteiger partial charge is 0.527 e. The fraction of sp³-hybridized carbons (Fsp3) is 1.00. The van der Waals surface area contributed by atoms with Gasteiger partial charge in [0.15, 0.2) is 0 Å². The first-order valence-corrected chi connectivity index (χ1v) is 3.32. The third-order valence-electron chi connectivity index (χ3n) is 0.973. The molecule has 0 rings (SSSR count). The van der Waals surface area contributed by atoms with Gasteiger partial charge in [-0.05, 0) is 0 Å². The molecule has 0 aromatic heterocycles. The second kappa shape index (κ2) is 4.65. The maximum Gasteiger partial charge on any atom is 0.527 e. The summed E-state index contributed by atoms with van der Waals surface area (Å²) in [5.41, 5.74) is 0. The second-order valence-electron chi connectivity index (χ2n) is 2.28. The molecule has 98 valence electrons. The Kier molecular flexibility index (Phi) is 4.45. The molecule has 0 aliphatic heterocycles. The molecule has 0 N–H and O–H groups in total. The molecule has 0 atom stereocenters. The van der Waals surface area contributed by atoms with Crippen molar-refractivity contribution in [2.24, 2.45) is 0 Å². The molecule has 11 heteroatoms. The van der Waals surface area contributed by atoms with Gasteiger partial charge < -0.3 is 4.74 Å². The van der Waals surface area contributed by atoms with Crippen molar-refractivity contribution in [3.05, 3.63) is 0 Å². The van der Waals surface area contributed by atoms with E-state index in [1.807, 2.05) is 0 Å². The number of halogens is 9. The van der Waals surface area contributed by atoms with Gasteiger partial charge in [0.2, 0.25) is 0 Å². The zero-order valence-corrected chi connectivity index (χ0v) is 7.00. The number of rotatable bonds is 5. The van der Waals surface area contributed by atoms with Crippen LogP contribution in [0.1, 0.15) is 0 Å². The van der Waals surface area contributed by atoms with Crippen molar-refractivity contribution in [2.45, 2.75) is 25.0 Å². The highest BCUT2D eigenvalue weighted by Crippen LogP contribution is 2.40. The predicted octanol–water partition coefficient (Wildman–Crippen LogP) is 2.99. The van der Waals surface area contributed by atoms with Crippen molar-refractivity contribution in [1.29, 1.82) is 0 Å². The lowest BCUT2D eigenvalue weighted by atomic mass is 10.5. The molecule has 0 amide bonds. The van der Waals surface area contributed by atoms with Crippen LogP contribution in [0.2, 0.25) is 0 Å². The lowest BCUT2D eigenvalue weighted by Crippen LogP contribution is -2.48. The molecule has 0 aliphatic rings. The summed E-state index contributed by atoms with van der Waals surface area (Å²) in [6.45, 7) is -2.16. The van der Waals surface area contributed by atoms with E-state index in [0.29, 0.717) is 0 Å². The van der Waals surface area contributed by atoms with E-state index in [2.05, 4.69) is 4.74 Å². The van der Waals surface area contributed by atoms with Crippen molar-refractivity contribution in [1.82, 2.24) is 0 Å². The predicted molar refractivity (Wildman–Crippen MR) is 29.0 cm³/mol. The first-order valence-electron chi connectivity index (χ1n) is 3.32. The van der Waals surface area contributed by atoms with Gasteiger partial charge in [0.1, 0.15) is 6.61 Å². The second-order valence-corrected chi connectivity index (χ2v) is 2.28. The quantitative estimate of drug-likeness (QED) is 0.712. The Morgan fingerprint density at radius 2 is 1.25 bits per heavy atom. The van der Waals surface area contributed by atoms with E-state index >= 15 is 0 Å². The maximum absolute atomic E-state index is 12.2. The molecule has 0 radical (unpaired) electrons. The number of hydrogen-bond donors (Lipinski definition) is 0. The Hall–Kier alpha value is -0.710. The summed E-state index contributed by atoms with van der Waals surface area (Å²) in [5.74, 6) is 0. The Balaban J connectivity index is 4.57. The van der Waals surface area contributed by atoms with Gasteiger partial charge >= 0.3 is 18.6 Å². The average Bonchev–Trinajstić information content (AvgIpc) is 1.95. The molecular formula is C5H3F9O2. The van der Waals surface area contributed by atoms with Crippen LogP contribution in [0.4, 0.5) is 39.5 Å². The summed E-state index contributed by atoms with van der Waals surface area (Å²) in [6.07, 6.45) is -21.5. The molecule has 0 aliphatic carbocycles. The van der Waals surface area contributed by atoms with Gasteiger partial charge in [-0.15, -0.1) is 13.2 Å². The Labute approximate surface area is 81.9 Å². The zero-order valence-electron chi connectivity index (χ0n) is 7.00. The molecule has 0 unspecified atom stereocenters. The minimum absolute atomic E-state index is 1.77. The normalized spacial score (nSPS) is 14.6. The summed E-state index contributed by atoms with van der Waals surface area (Å²) in [5, 5.41) is 0. The highest BCUT2D eigenvalue weighted by atomic mass is 19.4. The van der Waals surface area contributed by atoms with E-state index < -0.39 is 31.6 Å². The average molecular weight is 266 g/mol. The molecule has 16 heavy (non-hydrogen) atoms. The van der Waals surface area contributed by atoms with Crippen molar-refractivity contribution in [2.75, 3.05) is 6.61 Å². The van der Waals surface area contributed by atoms with Crippen molar-refractivity contribution in [3.8, 4) is 0 Å². The van der Waals surface area contributed by atoms with Crippen LogP contribution >= 0.6 is 0 Å². The van der Waals surface area contributed by atoms with Crippen LogP contribution in [0.5, 0.6) is 0 Å². The molecule has 0 saturated carbocycles. The van der Waals surface area contributed by atoms with Crippen LogP contribution in [-0.2, 0) is 9.47 Å². The van der Waals surface area contributed by atoms with Crippen LogP contribution in [0.25, 0.3) is 0 Å². The first-order chi connectivity index (χ1) is 6.87. The summed E-state index contributed by atoms with van der Waals surface area (Å²) < 4.78 is 109. The maximum atomic E-state index is 12.2. The fourth-order valence-corrected chi connectivity index (χ4v) is 0.456. The van der Waals surface area contributed by atoms with Gasteiger partial charge in [0.05, 0.1) is 0 Å². The summed E-state index contributed by atoms with van der Waals surface area (Å²) in [7, 11) is 0. The summed E-state index contributed by atoms with van der Waals surface area (Å²) in [6, 6.07) is 0. The molecule has 0 aromatic rings. The molecule has 0 saturated heterocycles. The third kappa shape index (κ3) is 4.88. The van der Waals surface area contributed by atoms with E-state index in [1.54, 1.807) is 4.74 Å². The van der Waals surface area contributed by atoms with Crippen LogP contribution in [-0.4, -0.2) is 31.6 Å². The topological polar surface area (TPSA) is 18.5 Å². The first kappa shape index (κ1) is 15.3. The van der Waals surface area contributed by atoms with Gasteiger partial charge in [-0.3, -0.25) is 0 Å². The van der Waals surface area contributed by atoms with Crippen LogP contribution in [0.3, 0.4) is 0 Å². The third-order valence-corrected chi connectivity index (χ3v) is 0.973. The van der Waals surface area contributed by atoms with Gasteiger partial charge in [0, 0.05) is 0 Å². The highest BCUT2D eigenvalue weighted by molar-refractivity contribution is 4.67. The zero-order chi connectivity index (χ0) is 13.2. The molecule has 0 heterocycles. The van der Waals surface area contributed by atoms with E-state index in [1.165, 1.54) is 0 Å². The standard InChI is InChI=1S/C5H3F9O2/c6-2(7)1-15-3(8,9)4(10,11)16-5(12,13)14/h2H,1H2. The number of ether oxygens (including phenoxy) is 2. The summed E-state index contributed by atoms with van der Waals surface area (Å²) in [4.78, 5) is 0. The van der Waals surface area contributed by atoms with Crippen molar-refractivity contribution in [3.63, 3.8) is 0 Å². The number of alkyl halides is 9. The Morgan fingerprint density at radius 3 is 1.56 bits per heavy atom. The van der Waals surface area contributed by atoms with Gasteiger partial charge in [-0.1, -0.05) is 0 Å². The Morgan fingerprint density at radius 1 is 0.812 bits per heavy atom. The van der Waals surface area contributed by atoms with Gasteiger partial charge in [-0.2, -0.15) is 17.6 Å². The highest BCUT2D eigenvalue weighted by Gasteiger charge is 2.64. The smallest absolute Gasteiger partial charge is 0.307 e.